The van der Waals surface area contributed by atoms with E-state index in [1.54, 1.807) is 6.20 Å². The second-order valence-electron chi connectivity index (χ2n) is 5.17. The van der Waals surface area contributed by atoms with E-state index >= 15 is 0 Å². The van der Waals surface area contributed by atoms with Crippen LogP contribution in [0, 0.1) is 0 Å². The Morgan fingerprint density at radius 1 is 1.43 bits per heavy atom. The lowest BCUT2D eigenvalue weighted by Gasteiger charge is -2.35. The quantitative estimate of drug-likeness (QED) is 0.920. The minimum atomic E-state index is -0.258. The van der Waals surface area contributed by atoms with E-state index in [0.717, 1.165) is 22.3 Å². The van der Waals surface area contributed by atoms with Crippen LogP contribution in [-0.4, -0.2) is 33.7 Å². The van der Waals surface area contributed by atoms with Crippen LogP contribution in [-0.2, 0) is 18.4 Å². The van der Waals surface area contributed by atoms with Crippen molar-refractivity contribution in [1.82, 2.24) is 20.0 Å². The van der Waals surface area contributed by atoms with E-state index in [1.165, 1.54) is 0 Å². The molecule has 1 aromatic heterocycles. The maximum Gasteiger partial charge on any atom is 0.242 e. The zero-order chi connectivity index (χ0) is 14.8. The Morgan fingerprint density at radius 3 is 3.00 bits per heavy atom. The molecule has 1 saturated heterocycles. The number of hydrogen-bond donors (Lipinski definition) is 1. The number of carbonyl (C=O) groups excluding carboxylic acids is 1. The Hall–Kier alpha value is -1.66. The van der Waals surface area contributed by atoms with Crippen LogP contribution in [0.5, 0.6) is 0 Å². The lowest BCUT2D eigenvalue weighted by Crippen LogP contribution is -2.49. The number of amides is 1. The van der Waals surface area contributed by atoms with Gasteiger partial charge in [-0.1, -0.05) is 28.1 Å². The molecule has 0 bridgehead atoms. The van der Waals surface area contributed by atoms with Crippen LogP contribution in [0.1, 0.15) is 17.3 Å². The summed E-state index contributed by atoms with van der Waals surface area (Å²) in [7, 11) is 1.92. The SMILES string of the molecule is Cn1nccc1CN1CCNC(=O)C1c1cccc(Br)c1. The topological polar surface area (TPSA) is 50.2 Å². The molecule has 1 unspecified atom stereocenters. The first-order valence-electron chi connectivity index (χ1n) is 6.89. The Morgan fingerprint density at radius 2 is 2.29 bits per heavy atom. The molecule has 1 aromatic carbocycles. The third-order valence-electron chi connectivity index (χ3n) is 3.76. The Labute approximate surface area is 132 Å². The standard InChI is InChI=1S/C15H17BrN4O/c1-19-13(5-6-18-19)10-20-8-7-17-15(21)14(20)11-3-2-4-12(16)9-11/h2-6,9,14H,7-8,10H2,1H3,(H,17,21). The molecular weight excluding hydrogens is 332 g/mol. The summed E-state index contributed by atoms with van der Waals surface area (Å²) in [6, 6.07) is 9.66. The molecule has 0 radical (unpaired) electrons. The predicted octanol–water partition coefficient (Wildman–Crippen LogP) is 1.86. The first kappa shape index (κ1) is 14.3. The molecule has 0 spiro atoms. The molecule has 0 saturated carbocycles. The van der Waals surface area contributed by atoms with Crippen LogP contribution >= 0.6 is 15.9 Å². The lowest BCUT2D eigenvalue weighted by molar-refractivity contribution is -0.129. The summed E-state index contributed by atoms with van der Waals surface area (Å²) in [5.74, 6) is 0.0570. The van der Waals surface area contributed by atoms with Crippen molar-refractivity contribution in [2.24, 2.45) is 7.05 Å². The number of aryl methyl sites for hydroxylation is 1. The molecule has 21 heavy (non-hydrogen) atoms. The monoisotopic (exact) mass is 348 g/mol. The fraction of sp³-hybridized carbons (Fsp3) is 0.333. The van der Waals surface area contributed by atoms with Gasteiger partial charge in [-0.3, -0.25) is 14.4 Å². The maximum atomic E-state index is 12.3. The molecule has 1 fully saturated rings. The van der Waals surface area contributed by atoms with Crippen molar-refractivity contribution < 1.29 is 4.79 Å². The van der Waals surface area contributed by atoms with Crippen molar-refractivity contribution in [3.8, 4) is 0 Å². The third kappa shape index (κ3) is 3.01. The van der Waals surface area contributed by atoms with Crippen molar-refractivity contribution >= 4 is 21.8 Å². The summed E-state index contributed by atoms with van der Waals surface area (Å²) < 4.78 is 2.84. The van der Waals surface area contributed by atoms with Gasteiger partial charge in [-0.25, -0.2) is 0 Å². The Bertz CT molecular complexity index is 655. The third-order valence-corrected chi connectivity index (χ3v) is 4.26. The highest BCUT2D eigenvalue weighted by Crippen LogP contribution is 2.27. The fourth-order valence-electron chi connectivity index (χ4n) is 2.69. The highest BCUT2D eigenvalue weighted by molar-refractivity contribution is 9.10. The normalized spacial score (nSPS) is 19.5. The second-order valence-corrected chi connectivity index (χ2v) is 6.08. The van der Waals surface area contributed by atoms with Gasteiger partial charge in [0.1, 0.15) is 6.04 Å². The number of halogens is 1. The van der Waals surface area contributed by atoms with Gasteiger partial charge in [0.25, 0.3) is 0 Å². The Kier molecular flexibility index (Phi) is 4.07. The zero-order valence-electron chi connectivity index (χ0n) is 11.8. The summed E-state index contributed by atoms with van der Waals surface area (Å²) >= 11 is 3.48. The molecule has 1 amide bonds. The van der Waals surface area contributed by atoms with Gasteiger partial charge < -0.3 is 5.32 Å². The van der Waals surface area contributed by atoms with E-state index in [2.05, 4.69) is 31.2 Å². The van der Waals surface area contributed by atoms with Crippen LogP contribution in [0.2, 0.25) is 0 Å². The number of carbonyl (C=O) groups is 1. The van der Waals surface area contributed by atoms with Crippen LogP contribution in [0.3, 0.4) is 0 Å². The molecule has 6 heteroatoms. The van der Waals surface area contributed by atoms with Gasteiger partial charge in [0.05, 0.1) is 5.69 Å². The number of aromatic nitrogens is 2. The van der Waals surface area contributed by atoms with E-state index < -0.39 is 0 Å². The number of nitrogens with one attached hydrogen (secondary N) is 1. The van der Waals surface area contributed by atoms with Gasteiger partial charge in [-0.2, -0.15) is 5.10 Å². The molecule has 1 aliphatic heterocycles. The highest BCUT2D eigenvalue weighted by atomic mass is 79.9. The number of hydrogen-bond acceptors (Lipinski definition) is 3. The van der Waals surface area contributed by atoms with E-state index in [1.807, 2.05) is 42.1 Å². The molecule has 0 aliphatic carbocycles. The van der Waals surface area contributed by atoms with Gasteiger partial charge in [0, 0.05) is 37.4 Å². The van der Waals surface area contributed by atoms with Crippen LogP contribution in [0.25, 0.3) is 0 Å². The van der Waals surface area contributed by atoms with Crippen molar-refractivity contribution in [1.29, 1.82) is 0 Å². The number of benzene rings is 1. The molecular formula is C15H17BrN4O. The van der Waals surface area contributed by atoms with Crippen molar-refractivity contribution in [3.63, 3.8) is 0 Å². The summed E-state index contributed by atoms with van der Waals surface area (Å²) in [6.07, 6.45) is 1.79. The van der Waals surface area contributed by atoms with Gasteiger partial charge in [-0.05, 0) is 23.8 Å². The molecule has 110 valence electrons. The number of piperazine rings is 1. The van der Waals surface area contributed by atoms with Gasteiger partial charge >= 0.3 is 0 Å². The molecule has 1 aliphatic rings. The minimum Gasteiger partial charge on any atom is -0.353 e. The average Bonchev–Trinajstić information content (AvgIpc) is 2.84. The molecule has 2 aromatic rings. The number of rotatable bonds is 3. The fourth-order valence-corrected chi connectivity index (χ4v) is 3.10. The molecule has 3 rings (SSSR count). The predicted molar refractivity (Wildman–Crippen MR) is 83.5 cm³/mol. The minimum absolute atomic E-state index is 0.0570. The molecule has 1 atom stereocenters. The zero-order valence-corrected chi connectivity index (χ0v) is 13.4. The van der Waals surface area contributed by atoms with Crippen molar-refractivity contribution in [2.45, 2.75) is 12.6 Å². The Balaban J connectivity index is 1.90. The van der Waals surface area contributed by atoms with E-state index in [0.29, 0.717) is 13.1 Å². The summed E-state index contributed by atoms with van der Waals surface area (Å²) in [4.78, 5) is 14.5. The first-order valence-corrected chi connectivity index (χ1v) is 7.68. The largest absolute Gasteiger partial charge is 0.353 e. The van der Waals surface area contributed by atoms with E-state index in [9.17, 15) is 4.79 Å². The average molecular weight is 349 g/mol. The van der Waals surface area contributed by atoms with Gasteiger partial charge in [0.2, 0.25) is 5.91 Å². The van der Waals surface area contributed by atoms with Crippen LogP contribution < -0.4 is 5.32 Å². The van der Waals surface area contributed by atoms with Gasteiger partial charge in [-0.15, -0.1) is 0 Å². The van der Waals surface area contributed by atoms with Crippen molar-refractivity contribution in [3.05, 3.63) is 52.3 Å². The summed E-state index contributed by atoms with van der Waals surface area (Å²) in [6.45, 7) is 2.22. The maximum absolute atomic E-state index is 12.3. The van der Waals surface area contributed by atoms with Crippen molar-refractivity contribution in [2.75, 3.05) is 13.1 Å². The van der Waals surface area contributed by atoms with E-state index in [-0.39, 0.29) is 11.9 Å². The van der Waals surface area contributed by atoms with Crippen LogP contribution in [0.4, 0.5) is 0 Å². The lowest BCUT2D eigenvalue weighted by atomic mass is 10.0. The molecule has 1 N–H and O–H groups in total. The second kappa shape index (κ2) is 5.99. The molecule has 5 nitrogen and oxygen atoms in total. The smallest absolute Gasteiger partial charge is 0.242 e. The van der Waals surface area contributed by atoms with Gasteiger partial charge in [0.15, 0.2) is 0 Å². The summed E-state index contributed by atoms with van der Waals surface area (Å²) in [5, 5.41) is 7.15. The van der Waals surface area contributed by atoms with E-state index in [4.69, 9.17) is 0 Å². The first-order chi connectivity index (χ1) is 10.1. The summed E-state index contributed by atoms with van der Waals surface area (Å²) in [5.41, 5.74) is 2.11. The molecule has 2 heterocycles. The highest BCUT2D eigenvalue weighted by Gasteiger charge is 2.31. The number of nitrogens with zero attached hydrogens (tertiary/aromatic N) is 3. The van der Waals surface area contributed by atoms with Crippen LogP contribution in [0.15, 0.2) is 41.0 Å².